The summed E-state index contributed by atoms with van der Waals surface area (Å²) in [6, 6.07) is 7.93. The van der Waals surface area contributed by atoms with Crippen LogP contribution in [-0.4, -0.2) is 27.4 Å². The van der Waals surface area contributed by atoms with Crippen molar-refractivity contribution < 1.29 is 4.79 Å². The first-order valence-corrected chi connectivity index (χ1v) is 11.1. The second-order valence-corrected chi connectivity index (χ2v) is 9.26. The third-order valence-electron chi connectivity index (χ3n) is 5.27. The molecule has 0 atom stereocenters. The number of carbonyl (C=O) groups excluding carboxylic acids is 1. The molecule has 0 saturated carbocycles. The number of hydrogen-bond acceptors (Lipinski definition) is 4. The lowest BCUT2D eigenvalue weighted by molar-refractivity contribution is -0.130. The van der Waals surface area contributed by atoms with Crippen LogP contribution in [0.4, 0.5) is 0 Å². The smallest absolute Gasteiger partial charge is 0.262 e. The largest absolute Gasteiger partial charge is 0.341 e. The number of thiophene rings is 1. The Morgan fingerprint density at radius 2 is 2.00 bits per heavy atom. The predicted molar refractivity (Wildman–Crippen MR) is 116 cm³/mol. The van der Waals surface area contributed by atoms with E-state index in [0.717, 1.165) is 39.5 Å². The van der Waals surface area contributed by atoms with Gasteiger partial charge in [-0.25, -0.2) is 4.98 Å². The molecule has 1 aliphatic rings. The fourth-order valence-corrected chi connectivity index (χ4v) is 5.18. The quantitative estimate of drug-likeness (QED) is 0.575. The molecule has 0 bridgehead atoms. The highest BCUT2D eigenvalue weighted by Gasteiger charge is 2.20. The molecule has 1 aliphatic carbocycles. The van der Waals surface area contributed by atoms with Gasteiger partial charge in [-0.1, -0.05) is 28.1 Å². The zero-order valence-electron chi connectivity index (χ0n) is 15.8. The summed E-state index contributed by atoms with van der Waals surface area (Å²) in [6.45, 7) is 0.909. The summed E-state index contributed by atoms with van der Waals surface area (Å²) in [5.74, 6) is 0.0160. The highest BCUT2D eigenvalue weighted by atomic mass is 79.9. The van der Waals surface area contributed by atoms with Gasteiger partial charge in [0.05, 0.1) is 11.7 Å². The van der Waals surface area contributed by atoms with Crippen LogP contribution in [0.1, 0.15) is 35.3 Å². The molecular formula is C21H22BrN3O2S. The molecule has 0 aliphatic heterocycles. The van der Waals surface area contributed by atoms with Crippen molar-refractivity contribution in [2.24, 2.45) is 0 Å². The Morgan fingerprint density at radius 1 is 1.25 bits per heavy atom. The van der Waals surface area contributed by atoms with Crippen LogP contribution in [0.3, 0.4) is 0 Å². The summed E-state index contributed by atoms with van der Waals surface area (Å²) < 4.78 is 2.61. The zero-order chi connectivity index (χ0) is 19.7. The van der Waals surface area contributed by atoms with Gasteiger partial charge in [0.2, 0.25) is 5.91 Å². The molecule has 146 valence electrons. The Bertz CT molecular complexity index is 1070. The summed E-state index contributed by atoms with van der Waals surface area (Å²) in [5, 5.41) is 0.776. The van der Waals surface area contributed by atoms with Crippen LogP contribution >= 0.6 is 27.3 Å². The molecule has 3 aromatic rings. The van der Waals surface area contributed by atoms with Crippen LogP contribution < -0.4 is 5.56 Å². The number of rotatable bonds is 5. The van der Waals surface area contributed by atoms with Gasteiger partial charge in [0.25, 0.3) is 5.56 Å². The van der Waals surface area contributed by atoms with Gasteiger partial charge in [-0.3, -0.25) is 14.2 Å². The summed E-state index contributed by atoms with van der Waals surface area (Å²) >= 11 is 5.07. The highest BCUT2D eigenvalue weighted by Crippen LogP contribution is 2.33. The van der Waals surface area contributed by atoms with Crippen LogP contribution in [0.5, 0.6) is 0 Å². The molecule has 4 rings (SSSR count). The highest BCUT2D eigenvalue weighted by molar-refractivity contribution is 9.10. The minimum absolute atomic E-state index is 0.00670. The second-order valence-electron chi connectivity index (χ2n) is 7.26. The predicted octanol–water partition coefficient (Wildman–Crippen LogP) is 4.15. The van der Waals surface area contributed by atoms with E-state index in [1.54, 1.807) is 34.2 Å². The topological polar surface area (TPSA) is 55.2 Å². The Kier molecular flexibility index (Phi) is 5.64. The molecule has 0 saturated heterocycles. The Morgan fingerprint density at radius 3 is 2.79 bits per heavy atom. The molecule has 28 heavy (non-hydrogen) atoms. The van der Waals surface area contributed by atoms with Gasteiger partial charge in [0, 0.05) is 35.9 Å². The Labute approximate surface area is 176 Å². The number of amides is 1. The number of aromatic nitrogens is 2. The number of carbonyl (C=O) groups is 1. The fraction of sp³-hybridized carbons (Fsp3) is 0.381. The van der Waals surface area contributed by atoms with Crippen LogP contribution in [0.2, 0.25) is 0 Å². The maximum atomic E-state index is 13.0. The van der Waals surface area contributed by atoms with Gasteiger partial charge < -0.3 is 4.90 Å². The number of fused-ring (bicyclic) bond motifs is 3. The Balaban J connectivity index is 1.46. The van der Waals surface area contributed by atoms with E-state index in [-0.39, 0.29) is 17.9 Å². The number of hydrogen-bond donors (Lipinski definition) is 0. The minimum atomic E-state index is -0.00670. The summed E-state index contributed by atoms with van der Waals surface area (Å²) in [5.41, 5.74) is 2.26. The first kappa shape index (κ1) is 19.3. The number of halogens is 1. The molecule has 0 fully saturated rings. The van der Waals surface area contributed by atoms with E-state index < -0.39 is 0 Å². The maximum Gasteiger partial charge on any atom is 0.262 e. The van der Waals surface area contributed by atoms with Crippen molar-refractivity contribution in [3.8, 4) is 0 Å². The first-order chi connectivity index (χ1) is 13.5. The first-order valence-electron chi connectivity index (χ1n) is 9.51. The van der Waals surface area contributed by atoms with Gasteiger partial charge in [0.1, 0.15) is 4.83 Å². The van der Waals surface area contributed by atoms with Gasteiger partial charge >= 0.3 is 0 Å². The monoisotopic (exact) mass is 459 g/mol. The number of aryl methyl sites for hydroxylation is 3. The van der Waals surface area contributed by atoms with Crippen molar-refractivity contribution in [2.75, 3.05) is 7.05 Å². The van der Waals surface area contributed by atoms with Crippen molar-refractivity contribution >= 4 is 43.4 Å². The molecule has 2 aromatic heterocycles. The molecule has 0 N–H and O–H groups in total. The molecule has 1 amide bonds. The van der Waals surface area contributed by atoms with Crippen LogP contribution in [-0.2, 0) is 30.7 Å². The normalized spacial score (nSPS) is 13.5. The number of benzene rings is 1. The van der Waals surface area contributed by atoms with Gasteiger partial charge in [-0.05, 0) is 48.9 Å². The lowest BCUT2D eigenvalue weighted by Gasteiger charge is -2.17. The van der Waals surface area contributed by atoms with Gasteiger partial charge in [0.15, 0.2) is 0 Å². The third kappa shape index (κ3) is 3.91. The van der Waals surface area contributed by atoms with E-state index in [2.05, 4.69) is 20.9 Å². The van der Waals surface area contributed by atoms with E-state index >= 15 is 0 Å². The van der Waals surface area contributed by atoms with Gasteiger partial charge in [-0.15, -0.1) is 11.3 Å². The second kappa shape index (κ2) is 8.17. The summed E-state index contributed by atoms with van der Waals surface area (Å²) in [7, 11) is 1.80. The van der Waals surface area contributed by atoms with E-state index in [1.165, 1.54) is 16.9 Å². The summed E-state index contributed by atoms with van der Waals surface area (Å²) in [4.78, 5) is 33.8. The van der Waals surface area contributed by atoms with Crippen LogP contribution in [0.15, 0.2) is 39.9 Å². The fourth-order valence-electron chi connectivity index (χ4n) is 3.70. The SMILES string of the molecule is CN(Cc1ccc(Br)cc1)C(=O)CCn1cnc2sc3c(c2c1=O)CCCC3. The molecule has 0 radical (unpaired) electrons. The lowest BCUT2D eigenvalue weighted by Crippen LogP contribution is -2.29. The number of nitrogens with zero attached hydrogens (tertiary/aromatic N) is 3. The third-order valence-corrected chi connectivity index (χ3v) is 7.00. The average Bonchev–Trinajstić information content (AvgIpc) is 3.08. The van der Waals surface area contributed by atoms with E-state index in [0.29, 0.717) is 13.1 Å². The van der Waals surface area contributed by atoms with Gasteiger partial charge in [-0.2, -0.15) is 0 Å². The molecule has 1 aromatic carbocycles. The van der Waals surface area contributed by atoms with Crippen molar-refractivity contribution in [1.29, 1.82) is 0 Å². The minimum Gasteiger partial charge on any atom is -0.341 e. The molecule has 0 unspecified atom stereocenters. The van der Waals surface area contributed by atoms with Crippen LogP contribution in [0, 0.1) is 0 Å². The van der Waals surface area contributed by atoms with E-state index in [1.807, 2.05) is 24.3 Å². The maximum absolute atomic E-state index is 13.0. The van der Waals surface area contributed by atoms with Crippen molar-refractivity contribution in [3.63, 3.8) is 0 Å². The van der Waals surface area contributed by atoms with Crippen molar-refractivity contribution in [1.82, 2.24) is 14.5 Å². The average molecular weight is 460 g/mol. The summed E-state index contributed by atoms with van der Waals surface area (Å²) in [6.07, 6.45) is 6.21. The lowest BCUT2D eigenvalue weighted by atomic mass is 9.97. The van der Waals surface area contributed by atoms with Crippen molar-refractivity contribution in [3.05, 3.63) is 61.4 Å². The molecule has 2 heterocycles. The van der Waals surface area contributed by atoms with E-state index in [9.17, 15) is 9.59 Å². The molecular weight excluding hydrogens is 438 g/mol. The standard InChI is InChI=1S/C21H22BrN3O2S/c1-24(12-14-6-8-15(22)9-7-14)18(26)10-11-25-13-23-20-19(21(25)27)16-4-2-3-5-17(16)28-20/h6-9,13H,2-5,10-12H2,1H3. The molecule has 0 spiro atoms. The van der Waals surface area contributed by atoms with E-state index in [4.69, 9.17) is 0 Å². The molecule has 5 nitrogen and oxygen atoms in total. The molecule has 7 heteroatoms. The zero-order valence-corrected chi connectivity index (χ0v) is 18.2. The Hall–Kier alpha value is -1.99. The van der Waals surface area contributed by atoms with Crippen molar-refractivity contribution in [2.45, 2.75) is 45.2 Å². The van der Waals surface area contributed by atoms with Crippen LogP contribution in [0.25, 0.3) is 10.2 Å².